The summed E-state index contributed by atoms with van der Waals surface area (Å²) in [4.78, 5) is 16.9. The van der Waals surface area contributed by atoms with E-state index in [4.69, 9.17) is 0 Å². The standard InChI is InChI=1S/C16H19N3OS/c1-2-9-17-13-6-4-3-5-12(13)15(20)19-16-18-14(10-21-16)11-7-8-11/h3-6,10-11,17H,2,7-9H2,1H3,(H,18,19,20). The summed E-state index contributed by atoms with van der Waals surface area (Å²) in [7, 11) is 0. The molecule has 1 heterocycles. The molecule has 1 aromatic carbocycles. The van der Waals surface area contributed by atoms with Gasteiger partial charge in [0, 0.05) is 23.5 Å². The Morgan fingerprint density at radius 3 is 2.95 bits per heavy atom. The molecular weight excluding hydrogens is 282 g/mol. The van der Waals surface area contributed by atoms with E-state index in [1.807, 2.05) is 24.3 Å². The third kappa shape index (κ3) is 3.42. The second-order valence-corrected chi connectivity index (χ2v) is 6.14. The lowest BCUT2D eigenvalue weighted by molar-refractivity contribution is 0.102. The minimum Gasteiger partial charge on any atom is -0.384 e. The van der Waals surface area contributed by atoms with Crippen LogP contribution in [0.3, 0.4) is 0 Å². The maximum atomic E-state index is 12.4. The average molecular weight is 301 g/mol. The topological polar surface area (TPSA) is 54.0 Å². The molecule has 1 amide bonds. The molecule has 1 aliphatic carbocycles. The number of benzene rings is 1. The molecule has 1 aliphatic rings. The summed E-state index contributed by atoms with van der Waals surface area (Å²) >= 11 is 1.50. The number of hydrogen-bond acceptors (Lipinski definition) is 4. The fourth-order valence-corrected chi connectivity index (χ4v) is 2.96. The van der Waals surface area contributed by atoms with Crippen LogP contribution in [0.4, 0.5) is 10.8 Å². The molecule has 0 saturated heterocycles. The average Bonchev–Trinajstić information content (AvgIpc) is 3.26. The summed E-state index contributed by atoms with van der Waals surface area (Å²) in [6, 6.07) is 7.58. The number of nitrogens with zero attached hydrogens (tertiary/aromatic N) is 1. The number of anilines is 2. The van der Waals surface area contributed by atoms with Crippen LogP contribution in [0, 0.1) is 0 Å². The molecule has 110 valence electrons. The first-order valence-corrected chi connectivity index (χ1v) is 8.25. The van der Waals surface area contributed by atoms with E-state index in [9.17, 15) is 4.79 Å². The third-order valence-electron chi connectivity index (χ3n) is 3.48. The summed E-state index contributed by atoms with van der Waals surface area (Å²) in [6.07, 6.45) is 3.47. The minimum absolute atomic E-state index is 0.106. The molecule has 4 nitrogen and oxygen atoms in total. The first kappa shape index (κ1) is 14.1. The van der Waals surface area contributed by atoms with Crippen LogP contribution in [-0.2, 0) is 0 Å². The van der Waals surface area contributed by atoms with Crippen molar-refractivity contribution in [3.05, 3.63) is 40.9 Å². The van der Waals surface area contributed by atoms with E-state index in [-0.39, 0.29) is 5.91 Å². The van der Waals surface area contributed by atoms with Crippen molar-refractivity contribution < 1.29 is 4.79 Å². The fraction of sp³-hybridized carbons (Fsp3) is 0.375. The van der Waals surface area contributed by atoms with Crippen LogP contribution < -0.4 is 10.6 Å². The van der Waals surface area contributed by atoms with Crippen molar-refractivity contribution in [1.29, 1.82) is 0 Å². The summed E-state index contributed by atoms with van der Waals surface area (Å²) < 4.78 is 0. The lowest BCUT2D eigenvalue weighted by atomic mass is 10.1. The molecule has 0 bridgehead atoms. The van der Waals surface area contributed by atoms with Gasteiger partial charge in [0.2, 0.25) is 0 Å². The lowest BCUT2D eigenvalue weighted by Crippen LogP contribution is -2.15. The van der Waals surface area contributed by atoms with Crippen LogP contribution in [0.15, 0.2) is 29.6 Å². The Labute approximate surface area is 128 Å². The van der Waals surface area contributed by atoms with Gasteiger partial charge in [-0.25, -0.2) is 4.98 Å². The molecule has 21 heavy (non-hydrogen) atoms. The molecule has 0 atom stereocenters. The monoisotopic (exact) mass is 301 g/mol. The first-order chi connectivity index (χ1) is 10.3. The third-order valence-corrected chi connectivity index (χ3v) is 4.25. The Kier molecular flexibility index (Phi) is 4.20. The summed E-state index contributed by atoms with van der Waals surface area (Å²) in [5, 5.41) is 8.93. The largest absolute Gasteiger partial charge is 0.384 e. The predicted molar refractivity (Wildman–Crippen MR) is 87.3 cm³/mol. The number of amides is 1. The molecule has 2 N–H and O–H groups in total. The van der Waals surface area contributed by atoms with Crippen molar-refractivity contribution in [2.45, 2.75) is 32.1 Å². The highest BCUT2D eigenvalue weighted by Gasteiger charge is 2.26. The van der Waals surface area contributed by atoms with Crippen molar-refractivity contribution in [2.24, 2.45) is 0 Å². The SMILES string of the molecule is CCCNc1ccccc1C(=O)Nc1nc(C2CC2)cs1. The van der Waals surface area contributed by atoms with E-state index in [1.54, 1.807) is 0 Å². The Hall–Kier alpha value is -1.88. The van der Waals surface area contributed by atoms with Gasteiger partial charge in [-0.1, -0.05) is 19.1 Å². The Morgan fingerprint density at radius 1 is 1.38 bits per heavy atom. The summed E-state index contributed by atoms with van der Waals surface area (Å²) in [6.45, 7) is 2.96. The normalized spacial score (nSPS) is 14.0. The summed E-state index contributed by atoms with van der Waals surface area (Å²) in [5.74, 6) is 0.510. The second-order valence-electron chi connectivity index (χ2n) is 5.28. The number of rotatable bonds is 6. The van der Waals surface area contributed by atoms with Gasteiger partial charge in [-0.15, -0.1) is 11.3 Å². The molecule has 0 unspecified atom stereocenters. The molecule has 0 radical (unpaired) electrons. The molecule has 1 aromatic heterocycles. The van der Waals surface area contributed by atoms with Crippen LogP contribution in [0.5, 0.6) is 0 Å². The van der Waals surface area contributed by atoms with Crippen LogP contribution in [0.2, 0.25) is 0 Å². The van der Waals surface area contributed by atoms with Crippen LogP contribution >= 0.6 is 11.3 Å². The zero-order chi connectivity index (χ0) is 14.7. The van der Waals surface area contributed by atoms with E-state index in [0.29, 0.717) is 16.6 Å². The number of thiazole rings is 1. The predicted octanol–water partition coefficient (Wildman–Crippen LogP) is 4.09. The number of carbonyl (C=O) groups is 1. The first-order valence-electron chi connectivity index (χ1n) is 7.37. The number of nitrogens with one attached hydrogen (secondary N) is 2. The van der Waals surface area contributed by atoms with Gasteiger partial charge >= 0.3 is 0 Å². The zero-order valence-electron chi connectivity index (χ0n) is 12.1. The van der Waals surface area contributed by atoms with Gasteiger partial charge < -0.3 is 5.32 Å². The molecular formula is C16H19N3OS. The van der Waals surface area contributed by atoms with E-state index in [2.05, 4.69) is 27.9 Å². The Balaban J connectivity index is 1.71. The fourth-order valence-electron chi connectivity index (χ4n) is 2.17. The highest BCUT2D eigenvalue weighted by Crippen LogP contribution is 2.40. The van der Waals surface area contributed by atoms with Crippen molar-refractivity contribution in [3.8, 4) is 0 Å². The molecule has 0 spiro atoms. The molecule has 2 aromatic rings. The maximum absolute atomic E-state index is 12.4. The molecule has 1 fully saturated rings. The quantitative estimate of drug-likeness (QED) is 0.844. The van der Waals surface area contributed by atoms with Crippen LogP contribution in [0.25, 0.3) is 0 Å². The van der Waals surface area contributed by atoms with E-state index >= 15 is 0 Å². The van der Waals surface area contributed by atoms with E-state index < -0.39 is 0 Å². The van der Waals surface area contributed by atoms with E-state index in [1.165, 1.54) is 24.2 Å². The lowest BCUT2D eigenvalue weighted by Gasteiger charge is -2.10. The number of hydrogen-bond donors (Lipinski definition) is 2. The van der Waals surface area contributed by atoms with Crippen molar-refractivity contribution >= 4 is 28.1 Å². The number of aromatic nitrogens is 1. The molecule has 0 aliphatic heterocycles. The number of para-hydroxylation sites is 1. The molecule has 3 rings (SSSR count). The Morgan fingerprint density at radius 2 is 2.19 bits per heavy atom. The smallest absolute Gasteiger partial charge is 0.259 e. The highest BCUT2D eigenvalue weighted by atomic mass is 32.1. The van der Waals surface area contributed by atoms with Gasteiger partial charge in [-0.05, 0) is 31.4 Å². The van der Waals surface area contributed by atoms with Crippen molar-refractivity contribution in [1.82, 2.24) is 4.98 Å². The zero-order valence-corrected chi connectivity index (χ0v) is 12.9. The number of carbonyl (C=O) groups excluding carboxylic acids is 1. The minimum atomic E-state index is -0.106. The van der Waals surface area contributed by atoms with Gasteiger partial charge in [0.1, 0.15) is 0 Å². The van der Waals surface area contributed by atoms with Gasteiger partial charge in [-0.2, -0.15) is 0 Å². The Bertz CT molecular complexity index is 634. The van der Waals surface area contributed by atoms with Crippen molar-refractivity contribution in [3.63, 3.8) is 0 Å². The van der Waals surface area contributed by atoms with Crippen LogP contribution in [0.1, 0.15) is 48.2 Å². The van der Waals surface area contributed by atoms with E-state index in [0.717, 1.165) is 24.3 Å². The maximum Gasteiger partial charge on any atom is 0.259 e. The van der Waals surface area contributed by atoms with Crippen molar-refractivity contribution in [2.75, 3.05) is 17.2 Å². The highest BCUT2D eigenvalue weighted by molar-refractivity contribution is 7.14. The van der Waals surface area contributed by atoms with Gasteiger partial charge in [-0.3, -0.25) is 10.1 Å². The van der Waals surface area contributed by atoms with Gasteiger partial charge in [0.25, 0.3) is 5.91 Å². The van der Waals surface area contributed by atoms with Gasteiger partial charge in [0.15, 0.2) is 5.13 Å². The summed E-state index contributed by atoms with van der Waals surface area (Å²) in [5.41, 5.74) is 2.65. The molecule has 5 heteroatoms. The van der Waals surface area contributed by atoms with Crippen LogP contribution in [-0.4, -0.2) is 17.4 Å². The molecule has 1 saturated carbocycles. The van der Waals surface area contributed by atoms with Gasteiger partial charge in [0.05, 0.1) is 11.3 Å². The second kappa shape index (κ2) is 6.26.